The van der Waals surface area contributed by atoms with Gasteiger partial charge in [-0.3, -0.25) is 9.88 Å². The van der Waals surface area contributed by atoms with Crippen LogP contribution in [-0.4, -0.2) is 46.0 Å². The summed E-state index contributed by atoms with van der Waals surface area (Å²) in [5.41, 5.74) is -6.17. The number of aliphatic hydroxyl groups is 1. The summed E-state index contributed by atoms with van der Waals surface area (Å²) < 4.78 is 84.5. The highest BCUT2D eigenvalue weighted by molar-refractivity contribution is 5.32. The zero-order valence-electron chi connectivity index (χ0n) is 19.6. The van der Waals surface area contributed by atoms with Gasteiger partial charge in [0.25, 0.3) is 5.60 Å². The molecule has 2 aromatic rings. The topological polar surface area (TPSA) is 60.2 Å². The Morgan fingerprint density at radius 2 is 1.63 bits per heavy atom. The van der Waals surface area contributed by atoms with Crippen LogP contribution in [0.3, 0.4) is 0 Å². The van der Waals surface area contributed by atoms with Crippen molar-refractivity contribution < 1.29 is 31.4 Å². The molecule has 0 saturated carbocycles. The molecule has 0 bridgehead atoms. The predicted octanol–water partition coefficient (Wildman–Crippen LogP) is 5.68. The number of hydrogen-bond acceptors (Lipinski definition) is 4. The fourth-order valence-electron chi connectivity index (χ4n) is 4.93. The van der Waals surface area contributed by atoms with Crippen LogP contribution in [0.15, 0.2) is 42.6 Å². The van der Waals surface area contributed by atoms with Gasteiger partial charge in [-0.25, -0.2) is 0 Å². The summed E-state index contributed by atoms with van der Waals surface area (Å²) in [7, 11) is 0. The molecular weight excluding hydrogens is 472 g/mol. The quantitative estimate of drug-likeness (QED) is 0.520. The van der Waals surface area contributed by atoms with Gasteiger partial charge in [0.1, 0.15) is 0 Å². The van der Waals surface area contributed by atoms with Crippen molar-refractivity contribution in [2.45, 2.75) is 63.5 Å². The standard InChI is InChI=1S/C25H27F6N3O/c1-17-4-9-20(15-33-17)21(2,3)34-13-12-22(16-34,23(35,24(26,27)28)25(29,30)31)11-10-18-5-7-19(14-32)8-6-18/h4-9,15,35H,10-13,16H2,1-3H3/t22-/m0/s1. The van der Waals surface area contributed by atoms with Gasteiger partial charge < -0.3 is 5.11 Å². The zero-order chi connectivity index (χ0) is 26.3. The maximum Gasteiger partial charge on any atom is 0.426 e. The number of rotatable bonds is 6. The van der Waals surface area contributed by atoms with Gasteiger partial charge >= 0.3 is 12.4 Å². The van der Waals surface area contributed by atoms with Crippen LogP contribution in [0.25, 0.3) is 0 Å². The van der Waals surface area contributed by atoms with Gasteiger partial charge in [-0.05, 0) is 75.9 Å². The molecule has 0 radical (unpaired) electrons. The van der Waals surface area contributed by atoms with E-state index in [-0.39, 0.29) is 13.0 Å². The molecule has 0 spiro atoms. The maximum atomic E-state index is 14.1. The molecule has 1 aromatic carbocycles. The van der Waals surface area contributed by atoms with E-state index in [4.69, 9.17) is 5.26 Å². The molecule has 2 heterocycles. The Kier molecular flexibility index (Phi) is 7.01. The lowest BCUT2D eigenvalue weighted by Gasteiger charge is -2.47. The first-order chi connectivity index (χ1) is 16.1. The first-order valence-electron chi connectivity index (χ1n) is 11.1. The van der Waals surface area contributed by atoms with Crippen LogP contribution in [0.1, 0.15) is 49.1 Å². The van der Waals surface area contributed by atoms with E-state index in [0.29, 0.717) is 16.7 Å². The molecule has 4 nitrogen and oxygen atoms in total. The molecule has 1 aromatic heterocycles. The average molecular weight is 499 g/mol. The maximum absolute atomic E-state index is 14.1. The minimum absolute atomic E-state index is 0.0667. The van der Waals surface area contributed by atoms with Crippen molar-refractivity contribution in [2.24, 2.45) is 5.41 Å². The number of likely N-dealkylation sites (tertiary alicyclic amines) is 1. The van der Waals surface area contributed by atoms with Crippen LogP contribution in [-0.2, 0) is 12.0 Å². The second kappa shape index (κ2) is 9.10. The lowest BCUT2D eigenvalue weighted by Crippen LogP contribution is -2.68. The van der Waals surface area contributed by atoms with Crippen molar-refractivity contribution in [1.29, 1.82) is 5.26 Å². The van der Waals surface area contributed by atoms with E-state index >= 15 is 0 Å². The molecule has 10 heteroatoms. The summed E-state index contributed by atoms with van der Waals surface area (Å²) in [6.07, 6.45) is -11.5. The third kappa shape index (κ3) is 4.76. The van der Waals surface area contributed by atoms with Gasteiger partial charge in [0.05, 0.1) is 11.6 Å². The van der Waals surface area contributed by atoms with E-state index in [1.165, 1.54) is 24.3 Å². The number of alkyl halides is 6. The molecule has 1 N–H and O–H groups in total. The number of aromatic nitrogens is 1. The average Bonchev–Trinajstić information content (AvgIpc) is 3.23. The predicted molar refractivity (Wildman–Crippen MR) is 117 cm³/mol. The third-order valence-electron chi connectivity index (χ3n) is 7.33. The Labute approximate surface area is 200 Å². The third-order valence-corrected chi connectivity index (χ3v) is 7.33. The zero-order valence-corrected chi connectivity index (χ0v) is 19.6. The van der Waals surface area contributed by atoms with Crippen LogP contribution >= 0.6 is 0 Å². The van der Waals surface area contributed by atoms with Crippen molar-refractivity contribution in [3.8, 4) is 6.07 Å². The molecule has 190 valence electrons. The number of nitrogens with zero attached hydrogens (tertiary/aromatic N) is 3. The van der Waals surface area contributed by atoms with Crippen LogP contribution in [0, 0.1) is 23.7 Å². The summed E-state index contributed by atoms with van der Waals surface area (Å²) >= 11 is 0. The summed E-state index contributed by atoms with van der Waals surface area (Å²) in [6.45, 7) is 4.53. The molecule has 0 aliphatic carbocycles. The molecule has 1 saturated heterocycles. The van der Waals surface area contributed by atoms with Crippen molar-refractivity contribution >= 4 is 0 Å². The van der Waals surface area contributed by atoms with Crippen molar-refractivity contribution in [3.63, 3.8) is 0 Å². The first-order valence-corrected chi connectivity index (χ1v) is 11.1. The van der Waals surface area contributed by atoms with Crippen LogP contribution in [0.5, 0.6) is 0 Å². The Balaban J connectivity index is 2.03. The fourth-order valence-corrected chi connectivity index (χ4v) is 4.93. The number of halogens is 6. The Morgan fingerprint density at radius 3 is 2.11 bits per heavy atom. The summed E-state index contributed by atoms with van der Waals surface area (Å²) in [6, 6.07) is 11.3. The lowest BCUT2D eigenvalue weighted by atomic mass is 9.66. The van der Waals surface area contributed by atoms with E-state index < -0.39 is 48.3 Å². The van der Waals surface area contributed by atoms with Crippen molar-refractivity contribution in [1.82, 2.24) is 9.88 Å². The molecule has 1 fully saturated rings. The van der Waals surface area contributed by atoms with Gasteiger partial charge in [-0.2, -0.15) is 31.6 Å². The molecule has 0 unspecified atom stereocenters. The second-order valence-corrected chi connectivity index (χ2v) is 9.71. The van der Waals surface area contributed by atoms with Gasteiger partial charge in [-0.1, -0.05) is 18.2 Å². The second-order valence-electron chi connectivity index (χ2n) is 9.71. The highest BCUT2D eigenvalue weighted by Gasteiger charge is 2.79. The summed E-state index contributed by atoms with van der Waals surface area (Å²) in [5.74, 6) is 0. The molecule has 1 atom stereocenters. The van der Waals surface area contributed by atoms with E-state index in [1.54, 1.807) is 44.0 Å². The minimum atomic E-state index is -5.93. The normalized spacial score (nSPS) is 20.1. The molecule has 0 amide bonds. The van der Waals surface area contributed by atoms with Crippen LogP contribution in [0.4, 0.5) is 26.3 Å². The number of pyridine rings is 1. The summed E-state index contributed by atoms with van der Waals surface area (Å²) in [4.78, 5) is 5.77. The van der Waals surface area contributed by atoms with Gasteiger partial charge in [-0.15, -0.1) is 0 Å². The fraction of sp³-hybridized carbons (Fsp3) is 0.520. The molecular formula is C25H27F6N3O. The van der Waals surface area contributed by atoms with E-state index in [9.17, 15) is 31.4 Å². The smallest absolute Gasteiger partial charge is 0.373 e. The van der Waals surface area contributed by atoms with Crippen LogP contribution in [0.2, 0.25) is 0 Å². The van der Waals surface area contributed by atoms with Crippen molar-refractivity contribution in [2.75, 3.05) is 13.1 Å². The minimum Gasteiger partial charge on any atom is -0.373 e. The lowest BCUT2D eigenvalue weighted by molar-refractivity contribution is -0.403. The number of aryl methyl sites for hydroxylation is 2. The number of benzene rings is 1. The first kappa shape index (κ1) is 27.0. The van der Waals surface area contributed by atoms with Gasteiger partial charge in [0.15, 0.2) is 0 Å². The Hall–Kier alpha value is -2.64. The van der Waals surface area contributed by atoms with Crippen molar-refractivity contribution in [3.05, 3.63) is 65.0 Å². The SMILES string of the molecule is Cc1ccc(C(C)(C)N2CC[C@](CCc3ccc(C#N)cc3)(C(O)(C(F)(F)F)C(F)(F)F)C2)cn1. The Morgan fingerprint density at radius 1 is 1.03 bits per heavy atom. The molecule has 3 rings (SSSR count). The monoisotopic (exact) mass is 499 g/mol. The molecule has 1 aliphatic rings. The summed E-state index contributed by atoms with van der Waals surface area (Å²) in [5, 5.41) is 19.5. The number of hydrogen-bond donors (Lipinski definition) is 1. The van der Waals surface area contributed by atoms with Gasteiger partial charge in [0, 0.05) is 29.4 Å². The van der Waals surface area contributed by atoms with E-state index in [0.717, 1.165) is 5.69 Å². The Bertz CT molecular complexity index is 1060. The van der Waals surface area contributed by atoms with Gasteiger partial charge in [0.2, 0.25) is 0 Å². The highest BCUT2D eigenvalue weighted by Crippen LogP contribution is 2.59. The van der Waals surface area contributed by atoms with Crippen LogP contribution < -0.4 is 0 Å². The molecule has 35 heavy (non-hydrogen) atoms. The van der Waals surface area contributed by atoms with E-state index in [2.05, 4.69) is 4.98 Å². The highest BCUT2D eigenvalue weighted by atomic mass is 19.4. The molecule has 1 aliphatic heterocycles. The van der Waals surface area contributed by atoms with E-state index in [1.807, 2.05) is 6.07 Å². The largest absolute Gasteiger partial charge is 0.426 e. The number of nitriles is 1.